The van der Waals surface area contributed by atoms with Crippen LogP contribution >= 0.6 is 0 Å². The smallest absolute Gasteiger partial charge is 0.230 e. The van der Waals surface area contributed by atoms with Gasteiger partial charge in [-0.1, -0.05) is 6.07 Å². The first kappa shape index (κ1) is 12.0. The van der Waals surface area contributed by atoms with Crippen molar-refractivity contribution in [2.75, 3.05) is 0 Å². The van der Waals surface area contributed by atoms with Gasteiger partial charge in [0.15, 0.2) is 11.6 Å². The van der Waals surface area contributed by atoms with Crippen LogP contribution in [0.4, 0.5) is 4.39 Å². The fourth-order valence-corrected chi connectivity index (χ4v) is 1.47. The minimum atomic E-state index is -0.485. The van der Waals surface area contributed by atoms with Crippen molar-refractivity contribution in [1.82, 2.24) is 4.98 Å². The van der Waals surface area contributed by atoms with Gasteiger partial charge in [-0.15, -0.1) is 0 Å². The van der Waals surface area contributed by atoms with Crippen LogP contribution in [-0.4, -0.2) is 10.8 Å². The second-order valence-corrected chi connectivity index (χ2v) is 3.81. The number of hydrogen-bond acceptors (Lipinski definition) is 3. The van der Waals surface area contributed by atoms with Gasteiger partial charge in [-0.05, 0) is 36.8 Å². The van der Waals surface area contributed by atoms with Gasteiger partial charge in [-0.25, -0.2) is 9.37 Å². The highest BCUT2D eigenvalue weighted by Crippen LogP contribution is 2.26. The van der Waals surface area contributed by atoms with Crippen LogP contribution in [0.5, 0.6) is 11.6 Å². The Balaban J connectivity index is 2.40. The lowest BCUT2D eigenvalue weighted by Crippen LogP contribution is -2.13. The molecule has 5 heteroatoms. The maximum atomic E-state index is 13.6. The summed E-state index contributed by atoms with van der Waals surface area (Å²) in [7, 11) is 0. The summed E-state index contributed by atoms with van der Waals surface area (Å²) in [6, 6.07) is 7.76. The van der Waals surface area contributed by atoms with Crippen LogP contribution in [0.3, 0.4) is 0 Å². The van der Waals surface area contributed by atoms with Crippen LogP contribution in [-0.2, 0) is 0 Å². The number of amidine groups is 1. The normalized spacial score (nSPS) is 10.1. The van der Waals surface area contributed by atoms with E-state index in [2.05, 4.69) is 4.98 Å². The summed E-state index contributed by atoms with van der Waals surface area (Å²) < 4.78 is 18.9. The number of hydrogen-bond donors (Lipinski definition) is 2. The van der Waals surface area contributed by atoms with Gasteiger partial charge in [0.05, 0.1) is 5.56 Å². The van der Waals surface area contributed by atoms with Crippen LogP contribution in [0, 0.1) is 18.2 Å². The highest BCUT2D eigenvalue weighted by molar-refractivity contribution is 5.97. The highest BCUT2D eigenvalue weighted by Gasteiger charge is 2.11. The third-order valence-corrected chi connectivity index (χ3v) is 2.35. The van der Waals surface area contributed by atoms with Crippen LogP contribution < -0.4 is 10.5 Å². The molecule has 0 aliphatic rings. The molecule has 0 amide bonds. The molecule has 18 heavy (non-hydrogen) atoms. The summed E-state index contributed by atoms with van der Waals surface area (Å²) in [6.45, 7) is 1.83. The average Bonchev–Trinajstić information content (AvgIpc) is 2.34. The Labute approximate surface area is 104 Å². The molecule has 0 unspecified atom stereocenters. The summed E-state index contributed by atoms with van der Waals surface area (Å²) in [5.74, 6) is -0.474. The molecule has 0 fully saturated rings. The molecule has 0 saturated heterocycles. The maximum absolute atomic E-state index is 13.6. The topological polar surface area (TPSA) is 72.0 Å². The lowest BCUT2D eigenvalue weighted by molar-refractivity contribution is 0.426. The van der Waals surface area contributed by atoms with Gasteiger partial charge >= 0.3 is 0 Å². The van der Waals surface area contributed by atoms with E-state index in [4.69, 9.17) is 15.9 Å². The number of ether oxygens (including phenoxy) is 1. The van der Waals surface area contributed by atoms with Crippen LogP contribution in [0.15, 0.2) is 36.5 Å². The molecule has 0 bridgehead atoms. The fourth-order valence-electron chi connectivity index (χ4n) is 1.47. The summed E-state index contributed by atoms with van der Waals surface area (Å²) in [5, 5.41) is 7.40. The van der Waals surface area contributed by atoms with Crippen molar-refractivity contribution in [1.29, 1.82) is 5.41 Å². The molecule has 1 aromatic heterocycles. The number of pyridine rings is 1. The molecule has 92 valence electrons. The molecule has 2 rings (SSSR count). The molecule has 0 saturated carbocycles. The zero-order chi connectivity index (χ0) is 13.1. The quantitative estimate of drug-likeness (QED) is 0.645. The fraction of sp³-hybridized carbons (Fsp3) is 0.0769. The number of halogens is 1. The summed E-state index contributed by atoms with van der Waals surface area (Å²) >= 11 is 0. The van der Waals surface area contributed by atoms with E-state index in [1.807, 2.05) is 6.92 Å². The molecule has 1 heterocycles. The zero-order valence-corrected chi connectivity index (χ0v) is 9.77. The predicted molar refractivity (Wildman–Crippen MR) is 66.5 cm³/mol. The molecule has 0 aliphatic carbocycles. The Bertz CT molecular complexity index is 599. The van der Waals surface area contributed by atoms with E-state index in [1.165, 1.54) is 12.3 Å². The van der Waals surface area contributed by atoms with Crippen molar-refractivity contribution < 1.29 is 9.13 Å². The highest BCUT2D eigenvalue weighted by atomic mass is 19.1. The van der Waals surface area contributed by atoms with Gasteiger partial charge < -0.3 is 10.5 Å². The average molecular weight is 245 g/mol. The molecule has 2 aromatic rings. The summed E-state index contributed by atoms with van der Waals surface area (Å²) in [5.41, 5.74) is 6.60. The number of aromatic nitrogens is 1. The first-order chi connectivity index (χ1) is 8.58. The second kappa shape index (κ2) is 4.83. The molecule has 0 aliphatic heterocycles. The van der Waals surface area contributed by atoms with Crippen LogP contribution in [0.25, 0.3) is 0 Å². The van der Waals surface area contributed by atoms with E-state index in [0.717, 1.165) is 5.56 Å². The molecular formula is C13H12FN3O. The summed E-state index contributed by atoms with van der Waals surface area (Å²) in [6.07, 6.45) is 1.50. The Kier molecular flexibility index (Phi) is 3.23. The Morgan fingerprint density at radius 1 is 1.39 bits per heavy atom. The molecule has 0 spiro atoms. The molecule has 0 radical (unpaired) electrons. The number of rotatable bonds is 3. The minimum absolute atomic E-state index is 0.0659. The SMILES string of the molecule is Cc1ccc(F)c(Oc2ncccc2C(=N)N)c1. The number of nitrogens with one attached hydrogen (secondary N) is 1. The Morgan fingerprint density at radius 3 is 2.89 bits per heavy atom. The van der Waals surface area contributed by atoms with E-state index >= 15 is 0 Å². The van der Waals surface area contributed by atoms with Crippen molar-refractivity contribution in [3.63, 3.8) is 0 Å². The number of nitrogens with two attached hydrogens (primary N) is 1. The van der Waals surface area contributed by atoms with E-state index in [1.54, 1.807) is 24.3 Å². The van der Waals surface area contributed by atoms with Crippen molar-refractivity contribution >= 4 is 5.84 Å². The van der Waals surface area contributed by atoms with Gasteiger partial charge in [0.25, 0.3) is 0 Å². The largest absolute Gasteiger partial charge is 0.435 e. The van der Waals surface area contributed by atoms with Crippen molar-refractivity contribution in [3.8, 4) is 11.6 Å². The van der Waals surface area contributed by atoms with Gasteiger partial charge in [0.1, 0.15) is 5.84 Å². The van der Waals surface area contributed by atoms with Crippen LogP contribution in [0.1, 0.15) is 11.1 Å². The number of nitrogens with zero attached hydrogens (tertiary/aromatic N) is 1. The van der Waals surface area contributed by atoms with Crippen LogP contribution in [0.2, 0.25) is 0 Å². The number of aryl methyl sites for hydroxylation is 1. The Hall–Kier alpha value is -2.43. The van der Waals surface area contributed by atoms with Gasteiger partial charge in [0, 0.05) is 6.20 Å². The van der Waals surface area contributed by atoms with E-state index in [-0.39, 0.29) is 17.5 Å². The minimum Gasteiger partial charge on any atom is -0.435 e. The van der Waals surface area contributed by atoms with Gasteiger partial charge in [0.2, 0.25) is 5.88 Å². The van der Waals surface area contributed by atoms with Crippen molar-refractivity contribution in [2.24, 2.45) is 5.73 Å². The first-order valence-corrected chi connectivity index (χ1v) is 5.31. The monoisotopic (exact) mass is 245 g/mol. The molecular weight excluding hydrogens is 233 g/mol. The van der Waals surface area contributed by atoms with E-state index < -0.39 is 5.82 Å². The molecule has 0 atom stereocenters. The van der Waals surface area contributed by atoms with Gasteiger partial charge in [-0.3, -0.25) is 5.41 Å². The molecule has 1 aromatic carbocycles. The van der Waals surface area contributed by atoms with Crippen molar-refractivity contribution in [2.45, 2.75) is 6.92 Å². The van der Waals surface area contributed by atoms with Crippen molar-refractivity contribution in [3.05, 3.63) is 53.5 Å². The maximum Gasteiger partial charge on any atom is 0.230 e. The Morgan fingerprint density at radius 2 is 2.17 bits per heavy atom. The van der Waals surface area contributed by atoms with E-state index in [9.17, 15) is 4.39 Å². The second-order valence-electron chi connectivity index (χ2n) is 3.81. The first-order valence-electron chi connectivity index (χ1n) is 5.31. The summed E-state index contributed by atoms with van der Waals surface area (Å²) in [4.78, 5) is 3.96. The number of nitrogen functional groups attached to an aromatic ring is 1. The predicted octanol–water partition coefficient (Wildman–Crippen LogP) is 2.61. The zero-order valence-electron chi connectivity index (χ0n) is 9.77. The van der Waals surface area contributed by atoms with Gasteiger partial charge in [-0.2, -0.15) is 0 Å². The lowest BCUT2D eigenvalue weighted by Gasteiger charge is -2.09. The standard InChI is InChI=1S/C13H12FN3O/c1-8-4-5-10(14)11(7-8)18-13-9(12(15)16)3-2-6-17-13/h2-7H,1H3,(H3,15,16). The third kappa shape index (κ3) is 2.45. The number of benzene rings is 1. The third-order valence-electron chi connectivity index (χ3n) is 2.35. The van der Waals surface area contributed by atoms with E-state index in [0.29, 0.717) is 5.56 Å². The molecule has 3 N–H and O–H groups in total. The molecule has 4 nitrogen and oxygen atoms in total. The lowest BCUT2D eigenvalue weighted by atomic mass is 10.2.